The highest BCUT2D eigenvalue weighted by atomic mass is 16.5. The van der Waals surface area contributed by atoms with Crippen molar-refractivity contribution >= 4 is 123 Å². The van der Waals surface area contributed by atoms with Crippen LogP contribution in [0.5, 0.6) is 0 Å². The van der Waals surface area contributed by atoms with E-state index in [1.54, 1.807) is 0 Å². The van der Waals surface area contributed by atoms with Gasteiger partial charge in [-0.3, -0.25) is 0 Å². The fraction of sp³-hybridized carbons (Fsp3) is 0.0250. The van der Waals surface area contributed by atoms with Crippen LogP contribution in [0.25, 0.3) is 54.2 Å². The zero-order valence-corrected chi connectivity index (χ0v) is 48.4. The fourth-order valence-corrected chi connectivity index (χ4v) is 12.2. The number of rotatable bonds is 15. The molecule has 14 aromatic carbocycles. The van der Waals surface area contributed by atoms with Crippen molar-refractivity contribution in [2.75, 3.05) is 33.8 Å². The maximum absolute atomic E-state index is 12.6. The predicted octanol–water partition coefficient (Wildman–Crippen LogP) is 21.4. The summed E-state index contributed by atoms with van der Waals surface area (Å²) in [6.45, 7) is 0. The Morgan fingerprint density at radius 1 is 0.227 bits per heavy atom. The molecule has 0 heterocycles. The smallest absolute Gasteiger partial charge is 0.337 e. The summed E-state index contributed by atoms with van der Waals surface area (Å²) in [6, 6.07) is 110. The number of methoxy groups -OCH3 is 2. The molecule has 14 aromatic rings. The van der Waals surface area contributed by atoms with Crippen LogP contribution in [0.15, 0.2) is 315 Å². The van der Waals surface area contributed by atoms with E-state index in [1.165, 1.54) is 14.2 Å². The molecule has 14 rings (SSSR count). The minimum atomic E-state index is -0.378. The lowest BCUT2D eigenvalue weighted by Crippen LogP contribution is -2.13. The molecule has 0 bridgehead atoms. The van der Waals surface area contributed by atoms with Crippen molar-refractivity contribution < 1.29 is 19.1 Å². The van der Waals surface area contributed by atoms with Crippen molar-refractivity contribution in [1.82, 2.24) is 0 Å². The molecular formula is C80H58N4O4. The molecule has 8 heteroatoms. The maximum Gasteiger partial charge on any atom is 0.337 e. The van der Waals surface area contributed by atoms with Gasteiger partial charge in [0.25, 0.3) is 0 Å². The third-order valence-electron chi connectivity index (χ3n) is 16.4. The SMILES string of the molecule is COC(=O)c1ccc(N(c2ccc(N(c3ccc(-c4ccc(N(c5ccc(N(c6ccc(C(=O)OC)cc6)c6cccc7ccccc67)cc5)c5cccc6ccccc56)cc4)cc3)c3cccc4ccccc34)cc2)c2cccc3ccccc23)cc1. The first-order valence-electron chi connectivity index (χ1n) is 29.3. The van der Waals surface area contributed by atoms with Crippen molar-refractivity contribution in [3.05, 3.63) is 327 Å². The van der Waals surface area contributed by atoms with Crippen LogP contribution in [0.4, 0.5) is 68.2 Å². The van der Waals surface area contributed by atoms with Crippen LogP contribution in [0.2, 0.25) is 0 Å². The molecule has 8 nitrogen and oxygen atoms in total. The van der Waals surface area contributed by atoms with Gasteiger partial charge < -0.3 is 29.1 Å². The summed E-state index contributed by atoms with van der Waals surface area (Å²) in [5.74, 6) is -0.756. The first-order chi connectivity index (χ1) is 43.4. The average Bonchev–Trinajstić information content (AvgIpc) is 3.41. The Kier molecular flexibility index (Phi) is 14.6. The third kappa shape index (κ3) is 10.3. The second kappa shape index (κ2) is 23.7. The molecule has 0 saturated carbocycles. The molecule has 0 aromatic heterocycles. The lowest BCUT2D eigenvalue weighted by molar-refractivity contribution is 0.0592. The summed E-state index contributed by atoms with van der Waals surface area (Å²) in [5.41, 5.74) is 15.0. The van der Waals surface area contributed by atoms with E-state index in [0.717, 1.165) is 122 Å². The van der Waals surface area contributed by atoms with Gasteiger partial charge in [0.2, 0.25) is 0 Å². The minimum absolute atomic E-state index is 0.378. The molecule has 0 aliphatic rings. The van der Waals surface area contributed by atoms with Gasteiger partial charge in [-0.05, 0) is 178 Å². The summed E-state index contributed by atoms with van der Waals surface area (Å²) >= 11 is 0. The molecule has 422 valence electrons. The number of nitrogens with zero attached hydrogens (tertiary/aromatic N) is 4. The van der Waals surface area contributed by atoms with Crippen LogP contribution in [0, 0.1) is 0 Å². The molecule has 0 saturated heterocycles. The Labute approximate surface area is 511 Å². The van der Waals surface area contributed by atoms with Gasteiger partial charge >= 0.3 is 11.9 Å². The van der Waals surface area contributed by atoms with E-state index in [1.807, 2.05) is 48.5 Å². The van der Waals surface area contributed by atoms with Crippen LogP contribution in [-0.4, -0.2) is 26.2 Å². The van der Waals surface area contributed by atoms with Gasteiger partial charge in [0.15, 0.2) is 0 Å². The van der Waals surface area contributed by atoms with Gasteiger partial charge in [-0.1, -0.05) is 170 Å². The van der Waals surface area contributed by atoms with Crippen molar-refractivity contribution in [2.24, 2.45) is 0 Å². The number of carbonyl (C=O) groups is 2. The highest BCUT2D eigenvalue weighted by Gasteiger charge is 2.23. The van der Waals surface area contributed by atoms with Gasteiger partial charge in [0, 0.05) is 67.0 Å². The fourth-order valence-electron chi connectivity index (χ4n) is 12.2. The van der Waals surface area contributed by atoms with E-state index in [-0.39, 0.29) is 11.9 Å². The predicted molar refractivity (Wildman–Crippen MR) is 363 cm³/mol. The number of benzene rings is 14. The highest BCUT2D eigenvalue weighted by molar-refractivity contribution is 6.04. The van der Waals surface area contributed by atoms with Crippen molar-refractivity contribution in [1.29, 1.82) is 0 Å². The van der Waals surface area contributed by atoms with Crippen LogP contribution in [0.3, 0.4) is 0 Å². The summed E-state index contributed by atoms with van der Waals surface area (Å²) in [4.78, 5) is 34.3. The van der Waals surface area contributed by atoms with Gasteiger partial charge in [-0.2, -0.15) is 0 Å². The number of fused-ring (bicyclic) bond motifs is 4. The van der Waals surface area contributed by atoms with Crippen LogP contribution in [-0.2, 0) is 9.47 Å². The Morgan fingerprint density at radius 3 is 0.648 bits per heavy atom. The van der Waals surface area contributed by atoms with Crippen molar-refractivity contribution in [3.8, 4) is 11.1 Å². The maximum atomic E-state index is 12.6. The van der Waals surface area contributed by atoms with E-state index < -0.39 is 0 Å². The molecule has 0 N–H and O–H groups in total. The molecule has 0 fully saturated rings. The zero-order valence-electron chi connectivity index (χ0n) is 48.4. The Bertz CT molecular complexity index is 4530. The topological polar surface area (TPSA) is 65.6 Å². The van der Waals surface area contributed by atoms with Crippen LogP contribution in [0.1, 0.15) is 20.7 Å². The first kappa shape index (κ1) is 54.2. The molecule has 0 spiro atoms. The molecule has 0 aliphatic heterocycles. The van der Waals surface area contributed by atoms with Crippen LogP contribution < -0.4 is 19.6 Å². The summed E-state index contributed by atoms with van der Waals surface area (Å²) in [5, 5.41) is 9.04. The quantitative estimate of drug-likeness (QED) is 0.0941. The minimum Gasteiger partial charge on any atom is -0.465 e. The molecule has 0 amide bonds. The van der Waals surface area contributed by atoms with Crippen LogP contribution >= 0.6 is 0 Å². The second-order valence-corrected chi connectivity index (χ2v) is 21.5. The number of hydrogen-bond acceptors (Lipinski definition) is 8. The van der Waals surface area contributed by atoms with E-state index in [4.69, 9.17) is 9.47 Å². The molecule has 0 atom stereocenters. The van der Waals surface area contributed by atoms with E-state index >= 15 is 0 Å². The normalized spacial score (nSPS) is 11.2. The second-order valence-electron chi connectivity index (χ2n) is 21.5. The standard InChI is InChI=1S/C80H58N4O4/c1-87-79(85)61-35-43-65(44-36-61)83(77-29-13-21-59-17-5-9-25-73(59)77)69-51-47-67(48-52-69)81(75-27-11-19-57-15-3-7-23-71(57)75)63-39-31-55(32-40-63)56-33-41-64(42-34-56)82(76-28-12-20-58-16-4-8-24-72(58)76)68-49-53-70(54-50-68)84(66-45-37-62(38-46-66)80(86)88-2)78-30-14-22-60-18-6-10-26-74(60)78/h3-54H,1-2H3. The summed E-state index contributed by atoms with van der Waals surface area (Å²) in [7, 11) is 2.80. The molecular weight excluding hydrogens is 1080 g/mol. The summed E-state index contributed by atoms with van der Waals surface area (Å²) in [6.07, 6.45) is 0. The number of anilines is 12. The highest BCUT2D eigenvalue weighted by Crippen LogP contribution is 2.46. The van der Waals surface area contributed by atoms with Gasteiger partial charge in [-0.25, -0.2) is 9.59 Å². The number of ether oxygens (including phenoxy) is 2. The average molecular weight is 1140 g/mol. The van der Waals surface area contributed by atoms with Crippen molar-refractivity contribution in [2.45, 2.75) is 0 Å². The molecule has 0 aliphatic carbocycles. The number of esters is 2. The Hall–Kier alpha value is -11.7. The van der Waals surface area contributed by atoms with Gasteiger partial charge in [0.05, 0.1) is 48.1 Å². The molecule has 0 radical (unpaired) electrons. The van der Waals surface area contributed by atoms with Gasteiger partial charge in [-0.15, -0.1) is 0 Å². The Morgan fingerprint density at radius 2 is 0.420 bits per heavy atom. The Balaban J connectivity index is 0.815. The monoisotopic (exact) mass is 1140 g/mol. The van der Waals surface area contributed by atoms with Gasteiger partial charge in [0.1, 0.15) is 0 Å². The number of carbonyl (C=O) groups excluding carboxylic acids is 2. The number of hydrogen-bond donors (Lipinski definition) is 0. The summed E-state index contributed by atoms with van der Waals surface area (Å²) < 4.78 is 10.1. The van der Waals surface area contributed by atoms with Crippen molar-refractivity contribution in [3.63, 3.8) is 0 Å². The lowest BCUT2D eigenvalue weighted by atomic mass is 10.0. The first-order valence-corrected chi connectivity index (χ1v) is 29.3. The zero-order chi connectivity index (χ0) is 59.5. The molecule has 0 unspecified atom stereocenters. The van der Waals surface area contributed by atoms with E-state index in [9.17, 15) is 9.59 Å². The van der Waals surface area contributed by atoms with E-state index in [2.05, 4.69) is 287 Å². The molecule has 88 heavy (non-hydrogen) atoms. The van der Waals surface area contributed by atoms with E-state index in [0.29, 0.717) is 11.1 Å². The lowest BCUT2D eigenvalue weighted by Gasteiger charge is -2.30. The largest absolute Gasteiger partial charge is 0.465 e. The third-order valence-corrected chi connectivity index (χ3v) is 16.4.